The van der Waals surface area contributed by atoms with Gasteiger partial charge in [-0.1, -0.05) is 0 Å². The summed E-state index contributed by atoms with van der Waals surface area (Å²) in [6, 6.07) is 3.46. The third-order valence-electron chi connectivity index (χ3n) is 4.48. The summed E-state index contributed by atoms with van der Waals surface area (Å²) in [5, 5.41) is 15.3. The predicted octanol–water partition coefficient (Wildman–Crippen LogP) is 2.46. The van der Waals surface area contributed by atoms with Gasteiger partial charge in [-0.2, -0.15) is 13.2 Å². The number of hydrogen-bond donors (Lipinski definition) is 3. The molecule has 4 rings (SSSR count). The normalized spacial score (nSPS) is 15.2. The van der Waals surface area contributed by atoms with E-state index in [2.05, 4.69) is 15.3 Å². The number of thiazole rings is 1. The topological polar surface area (TPSA) is 109 Å². The number of hydrogen-bond acceptors (Lipinski definition) is 6. The van der Waals surface area contributed by atoms with Crippen molar-refractivity contribution in [1.82, 2.24) is 19.7 Å². The molecule has 3 aromatic rings. The third-order valence-corrected chi connectivity index (χ3v) is 5.32. The minimum Gasteiger partial charge on any atom is -0.382 e. The highest BCUT2D eigenvalue weighted by Gasteiger charge is 2.38. The average molecular weight is 439 g/mol. The Labute approximate surface area is 171 Å². The minimum absolute atomic E-state index is 0.0255. The molecule has 2 amide bonds. The molecule has 0 spiro atoms. The Morgan fingerprint density at radius 2 is 2.03 bits per heavy atom. The molecule has 1 aliphatic rings. The van der Waals surface area contributed by atoms with Gasteiger partial charge >= 0.3 is 6.18 Å². The summed E-state index contributed by atoms with van der Waals surface area (Å²) >= 11 is 0.973. The van der Waals surface area contributed by atoms with E-state index in [-0.39, 0.29) is 16.8 Å². The second-order valence-corrected chi connectivity index (χ2v) is 7.74. The van der Waals surface area contributed by atoms with Gasteiger partial charge in [-0.05, 0) is 25.0 Å². The van der Waals surface area contributed by atoms with Gasteiger partial charge in [-0.3, -0.25) is 9.59 Å². The van der Waals surface area contributed by atoms with E-state index in [0.29, 0.717) is 22.7 Å². The van der Waals surface area contributed by atoms with Crippen molar-refractivity contribution in [2.24, 2.45) is 5.92 Å². The molecule has 1 unspecified atom stereocenters. The number of anilines is 1. The number of fused-ring (bicyclic) bond motifs is 1. The molecule has 3 heterocycles. The van der Waals surface area contributed by atoms with Gasteiger partial charge in [0.25, 0.3) is 5.91 Å². The van der Waals surface area contributed by atoms with Gasteiger partial charge in [-0.15, -0.1) is 11.3 Å². The Morgan fingerprint density at radius 3 is 2.73 bits per heavy atom. The standard InChI is InChI=1S/C18H16F3N5O3S/c19-18(20,21)12(27)5-22-16(29)17-23-11(8-30-17)10-3-4-14-24-13(7-26(14)6-10)25-15(28)9-1-2-9/h3-4,6-9,12,27H,1-2,5H2,(H,22,29)(H,25,28). The van der Waals surface area contributed by atoms with Crippen LogP contribution in [0.4, 0.5) is 19.0 Å². The predicted molar refractivity (Wildman–Crippen MR) is 102 cm³/mol. The second kappa shape index (κ2) is 7.69. The number of pyridine rings is 1. The Kier molecular flexibility index (Phi) is 5.20. The van der Waals surface area contributed by atoms with Crippen LogP contribution < -0.4 is 10.6 Å². The molecular formula is C18H16F3N5O3S. The maximum Gasteiger partial charge on any atom is 0.416 e. The summed E-state index contributed by atoms with van der Waals surface area (Å²) in [7, 11) is 0. The van der Waals surface area contributed by atoms with Crippen molar-refractivity contribution < 1.29 is 27.9 Å². The lowest BCUT2D eigenvalue weighted by Crippen LogP contribution is -2.40. The number of alkyl halides is 3. The quantitative estimate of drug-likeness (QED) is 0.547. The molecule has 1 aliphatic carbocycles. The highest BCUT2D eigenvalue weighted by Crippen LogP contribution is 2.30. The molecule has 3 N–H and O–H groups in total. The molecule has 0 saturated heterocycles. The Bertz CT molecular complexity index is 1110. The SMILES string of the molecule is O=C(NCC(O)C(F)(F)F)c1nc(-c2ccc3nc(NC(=O)C4CC4)cn3c2)cs1. The first kappa shape index (κ1) is 20.3. The molecule has 3 aromatic heterocycles. The van der Waals surface area contributed by atoms with Crippen molar-refractivity contribution in [2.45, 2.75) is 25.1 Å². The highest BCUT2D eigenvalue weighted by molar-refractivity contribution is 7.12. The van der Waals surface area contributed by atoms with Crippen molar-refractivity contribution in [3.05, 3.63) is 34.9 Å². The van der Waals surface area contributed by atoms with E-state index < -0.39 is 24.7 Å². The molecule has 0 aromatic carbocycles. The molecule has 0 bridgehead atoms. The molecule has 158 valence electrons. The van der Waals surface area contributed by atoms with Crippen LogP contribution in [-0.2, 0) is 4.79 Å². The molecule has 1 saturated carbocycles. The van der Waals surface area contributed by atoms with Crippen molar-refractivity contribution in [3.8, 4) is 11.3 Å². The van der Waals surface area contributed by atoms with Crippen molar-refractivity contribution >= 4 is 34.6 Å². The Morgan fingerprint density at radius 1 is 1.27 bits per heavy atom. The number of nitrogens with zero attached hydrogens (tertiary/aromatic N) is 3. The summed E-state index contributed by atoms with van der Waals surface area (Å²) in [6.45, 7) is -0.951. The Hall–Kier alpha value is -2.99. The van der Waals surface area contributed by atoms with E-state index >= 15 is 0 Å². The molecule has 8 nitrogen and oxygen atoms in total. The second-order valence-electron chi connectivity index (χ2n) is 6.88. The smallest absolute Gasteiger partial charge is 0.382 e. The van der Waals surface area contributed by atoms with Crippen LogP contribution in [0.25, 0.3) is 16.9 Å². The zero-order valence-electron chi connectivity index (χ0n) is 15.3. The molecule has 12 heteroatoms. The van der Waals surface area contributed by atoms with Gasteiger partial charge in [0.2, 0.25) is 5.91 Å². The third kappa shape index (κ3) is 4.44. The van der Waals surface area contributed by atoms with E-state index in [4.69, 9.17) is 5.11 Å². The largest absolute Gasteiger partial charge is 0.416 e. The van der Waals surface area contributed by atoms with Crippen molar-refractivity contribution in [2.75, 3.05) is 11.9 Å². The van der Waals surface area contributed by atoms with Crippen LogP contribution in [0, 0.1) is 5.92 Å². The first-order valence-corrected chi connectivity index (χ1v) is 9.87. The van der Waals surface area contributed by atoms with Crippen molar-refractivity contribution in [3.63, 3.8) is 0 Å². The van der Waals surface area contributed by atoms with Crippen LogP contribution in [0.15, 0.2) is 29.9 Å². The number of aliphatic hydroxyl groups excluding tert-OH is 1. The van der Waals surface area contributed by atoms with E-state index in [1.807, 2.05) is 5.32 Å². The van der Waals surface area contributed by atoms with Crippen LogP contribution in [-0.4, -0.2) is 50.1 Å². The van der Waals surface area contributed by atoms with Crippen LogP contribution in [0.2, 0.25) is 0 Å². The molecule has 30 heavy (non-hydrogen) atoms. The first-order valence-electron chi connectivity index (χ1n) is 8.99. The van der Waals surface area contributed by atoms with Gasteiger partial charge in [0.05, 0.1) is 18.4 Å². The van der Waals surface area contributed by atoms with Gasteiger partial charge in [-0.25, -0.2) is 9.97 Å². The first-order chi connectivity index (χ1) is 14.2. The van der Waals surface area contributed by atoms with E-state index in [0.717, 1.165) is 24.2 Å². The molecular weight excluding hydrogens is 423 g/mol. The monoisotopic (exact) mass is 439 g/mol. The maximum atomic E-state index is 12.3. The highest BCUT2D eigenvalue weighted by atomic mass is 32.1. The number of carbonyl (C=O) groups is 2. The summed E-state index contributed by atoms with van der Waals surface area (Å²) < 4.78 is 38.7. The van der Waals surface area contributed by atoms with Crippen LogP contribution in [0.5, 0.6) is 0 Å². The number of halogens is 3. The number of imidazole rings is 1. The summed E-state index contributed by atoms with van der Waals surface area (Å²) in [6.07, 6.45) is -2.29. The lowest BCUT2D eigenvalue weighted by atomic mass is 10.2. The lowest BCUT2D eigenvalue weighted by Gasteiger charge is -2.14. The number of rotatable bonds is 6. The van der Waals surface area contributed by atoms with Crippen molar-refractivity contribution in [1.29, 1.82) is 0 Å². The molecule has 1 fully saturated rings. The van der Waals surface area contributed by atoms with Gasteiger partial charge in [0.1, 0.15) is 5.65 Å². The van der Waals surface area contributed by atoms with Crippen LogP contribution >= 0.6 is 11.3 Å². The molecule has 0 aliphatic heterocycles. The van der Waals surface area contributed by atoms with E-state index in [1.54, 1.807) is 34.3 Å². The Balaban J connectivity index is 1.45. The average Bonchev–Trinajstić information content (AvgIpc) is 3.29. The fourth-order valence-electron chi connectivity index (χ4n) is 2.67. The van der Waals surface area contributed by atoms with Crippen LogP contribution in [0.3, 0.4) is 0 Å². The summed E-state index contributed by atoms with van der Waals surface area (Å²) in [5.74, 6) is -0.361. The lowest BCUT2D eigenvalue weighted by molar-refractivity contribution is -0.201. The zero-order valence-corrected chi connectivity index (χ0v) is 16.1. The summed E-state index contributed by atoms with van der Waals surface area (Å²) in [5.41, 5.74) is 1.73. The van der Waals surface area contributed by atoms with E-state index in [1.165, 1.54) is 0 Å². The molecule has 0 radical (unpaired) electrons. The fraction of sp³-hybridized carbons (Fsp3) is 0.333. The number of carbonyl (C=O) groups excluding carboxylic acids is 2. The number of aromatic nitrogens is 3. The fourth-order valence-corrected chi connectivity index (χ4v) is 3.41. The zero-order chi connectivity index (χ0) is 21.5. The number of aliphatic hydroxyl groups is 1. The summed E-state index contributed by atoms with van der Waals surface area (Å²) in [4.78, 5) is 32.4. The van der Waals surface area contributed by atoms with Gasteiger partial charge in [0, 0.05) is 23.1 Å². The number of amides is 2. The van der Waals surface area contributed by atoms with Crippen LogP contribution in [0.1, 0.15) is 22.6 Å². The van der Waals surface area contributed by atoms with Gasteiger partial charge < -0.3 is 20.1 Å². The minimum atomic E-state index is -4.81. The van der Waals surface area contributed by atoms with Gasteiger partial charge in [0.15, 0.2) is 16.9 Å². The maximum absolute atomic E-state index is 12.3. The number of nitrogens with one attached hydrogen (secondary N) is 2. The molecule has 1 atom stereocenters. The van der Waals surface area contributed by atoms with E-state index in [9.17, 15) is 22.8 Å².